The van der Waals surface area contributed by atoms with Gasteiger partial charge in [-0.15, -0.1) is 0 Å². The van der Waals surface area contributed by atoms with Crippen molar-refractivity contribution in [3.63, 3.8) is 0 Å². The van der Waals surface area contributed by atoms with Gasteiger partial charge in [0, 0.05) is 23.6 Å². The highest BCUT2D eigenvalue weighted by molar-refractivity contribution is 8.06. The van der Waals surface area contributed by atoms with E-state index in [1.165, 1.54) is 25.1 Å². The van der Waals surface area contributed by atoms with Crippen LogP contribution in [0, 0.1) is 23.7 Å². The van der Waals surface area contributed by atoms with Crippen LogP contribution in [0.3, 0.4) is 0 Å². The Hall–Kier alpha value is 0.310. The number of nitrogens with one attached hydrogen (secondary N) is 1. The van der Waals surface area contributed by atoms with Crippen molar-refractivity contribution in [2.75, 3.05) is 12.3 Å². The lowest BCUT2D eigenvalue weighted by Gasteiger charge is -1.94. The molecule has 2 unspecified atom stereocenters. The average Bonchev–Trinajstić information content (AvgIpc) is 3.22. The molecule has 3 fully saturated rings. The second kappa shape index (κ2) is 9.28. The number of rotatable bonds is 3. The monoisotopic (exact) mass is 287 g/mol. The second-order valence-corrected chi connectivity index (χ2v) is 8.23. The van der Waals surface area contributed by atoms with Crippen LogP contribution in [0.2, 0.25) is 0 Å². The van der Waals surface area contributed by atoms with Crippen molar-refractivity contribution in [2.45, 2.75) is 73.1 Å². The van der Waals surface area contributed by atoms with Gasteiger partial charge in [-0.3, -0.25) is 0 Å². The Balaban J connectivity index is 0.000000249. The van der Waals surface area contributed by atoms with E-state index in [1.807, 2.05) is 0 Å². The van der Waals surface area contributed by atoms with Gasteiger partial charge in [-0.1, -0.05) is 49.0 Å². The molecule has 2 heteroatoms. The summed E-state index contributed by atoms with van der Waals surface area (Å²) < 4.78 is 0. The molecule has 2 atom stereocenters. The van der Waals surface area contributed by atoms with Crippen molar-refractivity contribution in [2.24, 2.45) is 23.7 Å². The molecule has 3 aliphatic rings. The number of thioether (sulfide) groups is 1. The van der Waals surface area contributed by atoms with Crippen LogP contribution in [0.15, 0.2) is 0 Å². The molecule has 0 aromatic heterocycles. The summed E-state index contributed by atoms with van der Waals surface area (Å²) in [5.74, 6) is 5.26. The largest absolute Gasteiger partial charge is 0.311 e. The molecule has 19 heavy (non-hydrogen) atoms. The molecule has 3 rings (SSSR count). The predicted molar refractivity (Wildman–Crippen MR) is 92.0 cm³/mol. The molecule has 2 heterocycles. The van der Waals surface area contributed by atoms with Crippen LogP contribution < -0.4 is 5.32 Å². The summed E-state index contributed by atoms with van der Waals surface area (Å²) in [5, 5.41) is 4.25. The first kappa shape index (κ1) is 19.3. The summed E-state index contributed by atoms with van der Waals surface area (Å²) in [5.41, 5.74) is 0. The van der Waals surface area contributed by atoms with Gasteiger partial charge < -0.3 is 5.32 Å². The molecule has 1 N–H and O–H groups in total. The first-order valence-electron chi connectivity index (χ1n) is 7.76. The molecule has 0 aromatic rings. The average molecular weight is 288 g/mol. The highest BCUT2D eigenvalue weighted by atomic mass is 32.2. The van der Waals surface area contributed by atoms with Crippen LogP contribution in [0.4, 0.5) is 0 Å². The molecule has 1 aliphatic carbocycles. The van der Waals surface area contributed by atoms with E-state index in [-0.39, 0.29) is 7.43 Å². The van der Waals surface area contributed by atoms with Crippen LogP contribution in [0.5, 0.6) is 0 Å². The lowest BCUT2D eigenvalue weighted by molar-refractivity contribution is 0.563. The number of hydrogen-bond donors (Lipinski definition) is 1. The Morgan fingerprint density at radius 2 is 1.37 bits per heavy atom. The van der Waals surface area contributed by atoms with Crippen molar-refractivity contribution in [1.29, 1.82) is 0 Å². The first-order chi connectivity index (χ1) is 8.41. The van der Waals surface area contributed by atoms with Gasteiger partial charge in [0.2, 0.25) is 0 Å². The standard InChI is InChI=1S/C6H12.C5H11N.C5H10S.CH4/c1-5(2)6-3-4-6;2*1-4(2)5-3-6-5;/h5-6H,3-4H2,1-2H3;4-6H,3H2,1-2H3;4-5H,3H2,1-2H3;1H4. The maximum atomic E-state index is 3.23. The van der Waals surface area contributed by atoms with E-state index >= 15 is 0 Å². The molecular weight excluding hydrogens is 250 g/mol. The maximum absolute atomic E-state index is 3.23. The number of hydrogen-bond acceptors (Lipinski definition) is 2. The second-order valence-electron chi connectivity index (χ2n) is 6.96. The van der Waals surface area contributed by atoms with Crippen LogP contribution >= 0.6 is 11.8 Å². The third-order valence-electron chi connectivity index (χ3n) is 3.91. The summed E-state index contributed by atoms with van der Waals surface area (Å²) >= 11 is 2.08. The molecule has 0 bridgehead atoms. The van der Waals surface area contributed by atoms with E-state index in [4.69, 9.17) is 0 Å². The SMILES string of the molecule is C.CC(C)C1CC1.CC(C)C1CN1.CC(C)C1CS1. The van der Waals surface area contributed by atoms with Crippen LogP contribution in [-0.2, 0) is 0 Å². The summed E-state index contributed by atoms with van der Waals surface area (Å²) in [4.78, 5) is 0. The Bertz CT molecular complexity index is 175. The Morgan fingerprint density at radius 1 is 0.895 bits per heavy atom. The van der Waals surface area contributed by atoms with E-state index in [0.717, 1.165) is 35.0 Å². The van der Waals surface area contributed by atoms with E-state index in [1.54, 1.807) is 0 Å². The molecule has 2 saturated heterocycles. The zero-order valence-corrected chi connectivity index (χ0v) is 14.0. The zero-order chi connectivity index (χ0) is 13.7. The predicted octanol–water partition coefficient (Wildman–Crippen LogP) is 5.06. The van der Waals surface area contributed by atoms with Gasteiger partial charge in [0.1, 0.15) is 0 Å². The van der Waals surface area contributed by atoms with E-state index < -0.39 is 0 Å². The van der Waals surface area contributed by atoms with Crippen molar-refractivity contribution in [3.05, 3.63) is 0 Å². The highest BCUT2D eigenvalue weighted by Crippen LogP contribution is 2.36. The van der Waals surface area contributed by atoms with Gasteiger partial charge in [0.05, 0.1) is 0 Å². The molecule has 0 amide bonds. The highest BCUT2D eigenvalue weighted by Gasteiger charge is 2.25. The van der Waals surface area contributed by atoms with Gasteiger partial charge in [0.15, 0.2) is 0 Å². The lowest BCUT2D eigenvalue weighted by atomic mass is 10.1. The minimum absolute atomic E-state index is 0. The van der Waals surface area contributed by atoms with Gasteiger partial charge >= 0.3 is 0 Å². The molecule has 0 aromatic carbocycles. The maximum Gasteiger partial charge on any atom is 0.0216 e. The van der Waals surface area contributed by atoms with Gasteiger partial charge in [0.25, 0.3) is 0 Å². The van der Waals surface area contributed by atoms with E-state index in [9.17, 15) is 0 Å². The Morgan fingerprint density at radius 3 is 1.37 bits per heavy atom. The molecular formula is C17H37NS. The first-order valence-corrected chi connectivity index (χ1v) is 8.81. The molecule has 1 saturated carbocycles. The van der Waals surface area contributed by atoms with Gasteiger partial charge in [-0.05, 0) is 36.5 Å². The summed E-state index contributed by atoms with van der Waals surface area (Å²) in [7, 11) is 0. The quantitative estimate of drug-likeness (QED) is 0.733. The fourth-order valence-corrected chi connectivity index (χ4v) is 2.62. The Labute approximate surface area is 126 Å². The van der Waals surface area contributed by atoms with Crippen molar-refractivity contribution in [1.82, 2.24) is 5.32 Å². The van der Waals surface area contributed by atoms with Crippen molar-refractivity contribution >= 4 is 11.8 Å². The summed E-state index contributed by atoms with van der Waals surface area (Å²) in [6.45, 7) is 14.9. The minimum Gasteiger partial charge on any atom is -0.311 e. The summed E-state index contributed by atoms with van der Waals surface area (Å²) in [6.07, 6.45) is 3.00. The Kier molecular flexibility index (Phi) is 9.43. The van der Waals surface area contributed by atoms with Crippen LogP contribution in [-0.4, -0.2) is 23.6 Å². The van der Waals surface area contributed by atoms with Crippen molar-refractivity contribution < 1.29 is 0 Å². The zero-order valence-electron chi connectivity index (χ0n) is 13.2. The van der Waals surface area contributed by atoms with Crippen molar-refractivity contribution in [3.8, 4) is 0 Å². The molecule has 116 valence electrons. The minimum atomic E-state index is 0. The van der Waals surface area contributed by atoms with E-state index in [2.05, 4.69) is 58.6 Å². The molecule has 2 aliphatic heterocycles. The molecule has 0 radical (unpaired) electrons. The molecule has 1 nitrogen and oxygen atoms in total. The normalized spacial score (nSPS) is 27.0. The summed E-state index contributed by atoms with van der Waals surface area (Å²) in [6, 6.07) is 0.852. The van der Waals surface area contributed by atoms with Gasteiger partial charge in [-0.25, -0.2) is 0 Å². The smallest absolute Gasteiger partial charge is 0.0216 e. The van der Waals surface area contributed by atoms with Crippen LogP contribution in [0.25, 0.3) is 0 Å². The van der Waals surface area contributed by atoms with Crippen LogP contribution in [0.1, 0.15) is 61.8 Å². The molecule has 0 spiro atoms. The third kappa shape index (κ3) is 10.7. The van der Waals surface area contributed by atoms with Gasteiger partial charge in [-0.2, -0.15) is 11.8 Å². The topological polar surface area (TPSA) is 21.9 Å². The fraction of sp³-hybridized carbons (Fsp3) is 1.00. The lowest BCUT2D eigenvalue weighted by Crippen LogP contribution is -1.99. The van der Waals surface area contributed by atoms with E-state index in [0.29, 0.717) is 0 Å². The third-order valence-corrected chi connectivity index (χ3v) is 5.17. The fourth-order valence-electron chi connectivity index (χ4n) is 1.74.